The maximum Gasteiger partial charge on any atom is -0.0329 e. The van der Waals surface area contributed by atoms with Gasteiger partial charge in [-0.15, -0.1) is 0 Å². The molecule has 0 aromatic rings. The number of hydrogen-bond acceptors (Lipinski definition) is 0. The molecule has 0 N–H and O–H groups in total. The van der Waals surface area contributed by atoms with Crippen molar-refractivity contribution in [2.75, 3.05) is 0 Å². The van der Waals surface area contributed by atoms with Crippen LogP contribution in [0.3, 0.4) is 0 Å². The van der Waals surface area contributed by atoms with Crippen LogP contribution in [0.4, 0.5) is 0 Å². The van der Waals surface area contributed by atoms with E-state index in [1.54, 1.807) is 25.7 Å². The summed E-state index contributed by atoms with van der Waals surface area (Å²) in [6.45, 7) is 38.4. The van der Waals surface area contributed by atoms with Gasteiger partial charge in [0.2, 0.25) is 0 Å². The summed E-state index contributed by atoms with van der Waals surface area (Å²) < 4.78 is 0. The van der Waals surface area contributed by atoms with E-state index in [0.29, 0.717) is 5.41 Å². The largest absolute Gasteiger partial charge is 0.0683 e. The average Bonchev–Trinajstić information content (AvgIpc) is 3.50. The van der Waals surface area contributed by atoms with E-state index in [2.05, 4.69) is 76.2 Å². The third kappa shape index (κ3) is 18.9. The second-order valence-electron chi connectivity index (χ2n) is 17.2. The van der Waals surface area contributed by atoms with Crippen LogP contribution in [0.5, 0.6) is 0 Å². The first-order valence-electron chi connectivity index (χ1n) is 21.3. The Morgan fingerprint density at radius 3 is 1.58 bits per heavy atom. The van der Waals surface area contributed by atoms with E-state index in [-0.39, 0.29) is 0 Å². The van der Waals surface area contributed by atoms with Crippen molar-refractivity contribution in [1.82, 2.24) is 0 Å². The topological polar surface area (TPSA) is 0 Å². The molecule has 0 spiro atoms. The Kier molecular flexibility index (Phi) is 28.2. The minimum Gasteiger partial charge on any atom is -0.0683 e. The highest BCUT2D eigenvalue weighted by Gasteiger charge is 2.40. The van der Waals surface area contributed by atoms with Gasteiger partial charge in [0, 0.05) is 0 Å². The fourth-order valence-corrected chi connectivity index (χ4v) is 9.20. The van der Waals surface area contributed by atoms with E-state index in [1.165, 1.54) is 77.0 Å². The Morgan fingerprint density at radius 2 is 1.09 bits per heavy atom. The minimum absolute atomic E-state index is 0.528. The summed E-state index contributed by atoms with van der Waals surface area (Å²) in [6, 6.07) is 0. The Hall–Kier alpha value is 0. The molecule has 0 aromatic heterocycles. The van der Waals surface area contributed by atoms with Crippen molar-refractivity contribution in [2.24, 2.45) is 70.5 Å². The Balaban J connectivity index is 0. The quantitative estimate of drug-likeness (QED) is 0.273. The molecule has 4 rings (SSSR count). The second-order valence-corrected chi connectivity index (χ2v) is 17.2. The summed E-state index contributed by atoms with van der Waals surface area (Å²) in [6.07, 6.45) is 23.9. The molecule has 7 unspecified atom stereocenters. The molecule has 0 radical (unpaired) electrons. The van der Waals surface area contributed by atoms with Crippen LogP contribution in [0.2, 0.25) is 0 Å². The molecule has 4 aliphatic carbocycles. The third-order valence-corrected chi connectivity index (χ3v) is 12.2. The predicted octanol–water partition coefficient (Wildman–Crippen LogP) is 16.3. The van der Waals surface area contributed by atoms with Gasteiger partial charge < -0.3 is 0 Å². The van der Waals surface area contributed by atoms with E-state index in [0.717, 1.165) is 65.1 Å². The smallest absolute Gasteiger partial charge is 0.0329 e. The molecule has 4 aliphatic rings. The molecule has 0 bridgehead atoms. The van der Waals surface area contributed by atoms with Crippen molar-refractivity contribution >= 4 is 0 Å². The molecule has 0 heteroatoms. The molecular weight excluding hydrogens is 540 g/mol. The first-order valence-corrected chi connectivity index (χ1v) is 21.3. The zero-order valence-electron chi connectivity index (χ0n) is 35.2. The monoisotopic (exact) mass is 635 g/mol. The summed E-state index contributed by atoms with van der Waals surface area (Å²) >= 11 is 0. The summed E-state index contributed by atoms with van der Waals surface area (Å²) in [7, 11) is 0. The number of fused-ring (bicyclic) bond motifs is 1. The van der Waals surface area contributed by atoms with Gasteiger partial charge in [0.05, 0.1) is 0 Å². The molecule has 274 valence electrons. The minimum atomic E-state index is 0.528. The SMILES string of the molecule is CC.CC.CC.CC(C)C1CCCC(C)C1C1CCC(C(C)(C)C)CC1.CC1CCC2CCCC2C1.CCC(C)CCC(C)C. The van der Waals surface area contributed by atoms with Crippen LogP contribution >= 0.6 is 0 Å². The van der Waals surface area contributed by atoms with Gasteiger partial charge in [-0.25, -0.2) is 0 Å². The van der Waals surface area contributed by atoms with Crippen LogP contribution in [-0.2, 0) is 0 Å². The van der Waals surface area contributed by atoms with Gasteiger partial charge >= 0.3 is 0 Å². The van der Waals surface area contributed by atoms with Gasteiger partial charge in [-0.3, -0.25) is 0 Å². The molecule has 0 heterocycles. The molecule has 0 aliphatic heterocycles. The first-order chi connectivity index (χ1) is 21.3. The standard InChI is InChI=1S/C20H38.C10H18.C9H20.3C2H6/c1-14(2)18-9-7-8-15(3)19(18)16-10-12-17(13-11-16)20(4,5)6;1-8-5-6-9-3-2-4-10(9)7-8;1-5-9(4)7-6-8(2)3;3*1-2/h14-19H,7-13H2,1-6H3;8-10H,2-7H2,1H3;8-9H,5-7H2,1-4H3;3*1-2H3. The van der Waals surface area contributed by atoms with E-state index in [9.17, 15) is 0 Å². The lowest BCUT2D eigenvalue weighted by atomic mass is 9.58. The lowest BCUT2D eigenvalue weighted by molar-refractivity contribution is 0.0297. The lowest BCUT2D eigenvalue weighted by Crippen LogP contribution is -2.38. The van der Waals surface area contributed by atoms with Crippen LogP contribution in [-0.4, -0.2) is 0 Å². The highest BCUT2D eigenvalue weighted by atomic mass is 14.5. The number of hydrogen-bond donors (Lipinski definition) is 0. The lowest BCUT2D eigenvalue weighted by Gasteiger charge is -2.47. The first kappa shape index (κ1) is 47.1. The van der Waals surface area contributed by atoms with E-state index in [1.807, 2.05) is 41.5 Å². The molecular formula is C45H94. The molecule has 0 nitrogen and oxygen atoms in total. The molecule has 7 atom stereocenters. The highest BCUT2D eigenvalue weighted by Crippen LogP contribution is 2.50. The van der Waals surface area contributed by atoms with Crippen LogP contribution < -0.4 is 0 Å². The zero-order valence-corrected chi connectivity index (χ0v) is 35.2. The summed E-state index contributed by atoms with van der Waals surface area (Å²) in [5.74, 6) is 11.1. The maximum atomic E-state index is 2.55. The van der Waals surface area contributed by atoms with Crippen LogP contribution in [0.25, 0.3) is 0 Å². The van der Waals surface area contributed by atoms with Crippen molar-refractivity contribution in [3.05, 3.63) is 0 Å². The molecule has 4 fully saturated rings. The van der Waals surface area contributed by atoms with Crippen LogP contribution in [0.15, 0.2) is 0 Å². The van der Waals surface area contributed by atoms with Gasteiger partial charge in [0.1, 0.15) is 0 Å². The average molecular weight is 635 g/mol. The summed E-state index contributed by atoms with van der Waals surface area (Å²) in [4.78, 5) is 0. The van der Waals surface area contributed by atoms with Crippen LogP contribution in [0.1, 0.15) is 220 Å². The van der Waals surface area contributed by atoms with Crippen molar-refractivity contribution in [1.29, 1.82) is 0 Å². The highest BCUT2D eigenvalue weighted by molar-refractivity contribution is 4.90. The van der Waals surface area contributed by atoms with Crippen molar-refractivity contribution in [2.45, 2.75) is 220 Å². The van der Waals surface area contributed by atoms with E-state index in [4.69, 9.17) is 0 Å². The second kappa shape index (κ2) is 26.9. The Bertz CT molecular complexity index is 614. The fraction of sp³-hybridized carbons (Fsp3) is 1.00. The Labute approximate surface area is 290 Å². The van der Waals surface area contributed by atoms with Crippen LogP contribution in [0, 0.1) is 70.5 Å². The number of rotatable bonds is 6. The van der Waals surface area contributed by atoms with Gasteiger partial charge in [-0.05, 0) is 115 Å². The maximum absolute atomic E-state index is 2.55. The summed E-state index contributed by atoms with van der Waals surface area (Å²) in [5, 5.41) is 0. The van der Waals surface area contributed by atoms with Gasteiger partial charge in [0.15, 0.2) is 0 Å². The van der Waals surface area contributed by atoms with Crippen molar-refractivity contribution in [3.8, 4) is 0 Å². The van der Waals surface area contributed by atoms with E-state index >= 15 is 0 Å². The van der Waals surface area contributed by atoms with Crippen molar-refractivity contribution < 1.29 is 0 Å². The fourth-order valence-electron chi connectivity index (χ4n) is 9.20. The van der Waals surface area contributed by atoms with Gasteiger partial charge in [0.25, 0.3) is 0 Å². The molecule has 45 heavy (non-hydrogen) atoms. The summed E-state index contributed by atoms with van der Waals surface area (Å²) in [5.41, 5.74) is 0.528. The molecule has 4 saturated carbocycles. The predicted molar refractivity (Wildman–Crippen MR) is 211 cm³/mol. The molecule has 0 saturated heterocycles. The molecule has 0 amide bonds. The van der Waals surface area contributed by atoms with Gasteiger partial charge in [-0.2, -0.15) is 0 Å². The van der Waals surface area contributed by atoms with Gasteiger partial charge in [-0.1, -0.05) is 175 Å². The third-order valence-electron chi connectivity index (χ3n) is 12.2. The molecule has 0 aromatic carbocycles. The van der Waals surface area contributed by atoms with E-state index < -0.39 is 0 Å². The zero-order chi connectivity index (χ0) is 35.2. The normalized spacial score (nSPS) is 31.5. The van der Waals surface area contributed by atoms with Crippen molar-refractivity contribution in [3.63, 3.8) is 0 Å². The Morgan fingerprint density at radius 1 is 0.578 bits per heavy atom.